The molecule has 0 unspecified atom stereocenters. The molecule has 0 saturated heterocycles. The Kier molecular flexibility index (Phi) is 2.68. The van der Waals surface area contributed by atoms with Crippen LogP contribution in [0.5, 0.6) is 0 Å². The summed E-state index contributed by atoms with van der Waals surface area (Å²) in [7, 11) is 0. The monoisotopic (exact) mass is 154 g/mol. The highest BCUT2D eigenvalue weighted by atomic mass is 16.3. The Morgan fingerprint density at radius 2 is 2.45 bits per heavy atom. The molecule has 0 spiro atoms. The molecule has 60 valence electrons. The van der Waals surface area contributed by atoms with Crippen LogP contribution in [0.25, 0.3) is 0 Å². The maximum absolute atomic E-state index is 10.7. The fourth-order valence-corrected chi connectivity index (χ4v) is 0.738. The van der Waals surface area contributed by atoms with Gasteiger partial charge in [0.25, 0.3) is 0 Å². The minimum Gasteiger partial charge on any atom is -0.395 e. The van der Waals surface area contributed by atoms with Gasteiger partial charge in [0.1, 0.15) is 5.82 Å². The summed E-state index contributed by atoms with van der Waals surface area (Å²) in [5.41, 5.74) is -0.0517. The Hall–Kier alpha value is -1.29. The summed E-state index contributed by atoms with van der Waals surface area (Å²) in [6, 6.07) is 2.87. The second-order valence-corrected chi connectivity index (χ2v) is 2.09. The van der Waals surface area contributed by atoms with E-state index in [9.17, 15) is 4.79 Å². The molecule has 0 radical (unpaired) electrons. The zero-order chi connectivity index (χ0) is 8.10. The maximum Gasteiger partial charge on any atom is 0.183 e. The number of aliphatic hydroxyl groups excluding tert-OH is 1. The van der Waals surface area contributed by atoms with Crippen LogP contribution in [0, 0.1) is 0 Å². The number of aromatic amines is 1. The number of rotatable bonds is 3. The predicted octanol–water partition coefficient (Wildman–Crippen LogP) is -0.221. The normalized spacial score (nSPS) is 9.55. The molecule has 0 aliphatic carbocycles. The van der Waals surface area contributed by atoms with Crippen molar-refractivity contribution in [2.45, 2.75) is 0 Å². The second kappa shape index (κ2) is 3.78. The lowest BCUT2D eigenvalue weighted by Gasteiger charge is -2.01. The third-order valence-corrected chi connectivity index (χ3v) is 1.20. The first-order valence-corrected chi connectivity index (χ1v) is 3.36. The minimum atomic E-state index is -0.0517. The lowest BCUT2D eigenvalue weighted by molar-refractivity contribution is 0.311. The summed E-state index contributed by atoms with van der Waals surface area (Å²) < 4.78 is 0. The summed E-state index contributed by atoms with van der Waals surface area (Å²) in [5, 5.41) is 11.3. The number of hydrogen-bond donors (Lipinski definition) is 3. The summed E-state index contributed by atoms with van der Waals surface area (Å²) in [4.78, 5) is 13.6. The molecule has 0 aliphatic rings. The first-order valence-electron chi connectivity index (χ1n) is 3.36. The fourth-order valence-electron chi connectivity index (χ4n) is 0.738. The number of aromatic nitrogens is 1. The van der Waals surface area contributed by atoms with Gasteiger partial charge in [0, 0.05) is 24.9 Å². The number of hydrogen-bond acceptors (Lipinski definition) is 3. The molecule has 0 fully saturated rings. The summed E-state index contributed by atoms with van der Waals surface area (Å²) in [6.45, 7) is 0.497. The Labute approximate surface area is 63.9 Å². The molecule has 0 amide bonds. The van der Waals surface area contributed by atoms with Crippen LogP contribution < -0.4 is 10.7 Å². The van der Waals surface area contributed by atoms with Gasteiger partial charge in [0.15, 0.2) is 5.43 Å². The van der Waals surface area contributed by atoms with E-state index in [0.29, 0.717) is 12.4 Å². The van der Waals surface area contributed by atoms with E-state index < -0.39 is 0 Å². The molecule has 0 aromatic carbocycles. The third-order valence-electron chi connectivity index (χ3n) is 1.20. The van der Waals surface area contributed by atoms with Gasteiger partial charge < -0.3 is 15.4 Å². The van der Waals surface area contributed by atoms with E-state index >= 15 is 0 Å². The molecule has 0 saturated carbocycles. The predicted molar refractivity (Wildman–Crippen MR) is 42.6 cm³/mol. The van der Waals surface area contributed by atoms with Crippen molar-refractivity contribution >= 4 is 5.82 Å². The lowest BCUT2D eigenvalue weighted by atomic mass is 10.4. The quantitative estimate of drug-likeness (QED) is 0.564. The summed E-state index contributed by atoms with van der Waals surface area (Å²) in [5.74, 6) is 0.631. The van der Waals surface area contributed by atoms with Crippen molar-refractivity contribution in [3.8, 4) is 0 Å². The van der Waals surface area contributed by atoms with Crippen LogP contribution >= 0.6 is 0 Å². The molecular formula is C7H10N2O2. The molecule has 1 rings (SSSR count). The molecule has 0 atom stereocenters. The minimum absolute atomic E-state index is 0.0517. The molecule has 4 nitrogen and oxygen atoms in total. The number of anilines is 1. The van der Waals surface area contributed by atoms with Crippen LogP contribution in [-0.4, -0.2) is 23.2 Å². The molecule has 0 aliphatic heterocycles. The average Bonchev–Trinajstić information content (AvgIpc) is 2.01. The van der Waals surface area contributed by atoms with Gasteiger partial charge in [-0.3, -0.25) is 4.79 Å². The van der Waals surface area contributed by atoms with Crippen molar-refractivity contribution in [3.63, 3.8) is 0 Å². The van der Waals surface area contributed by atoms with E-state index in [1.807, 2.05) is 0 Å². The van der Waals surface area contributed by atoms with Gasteiger partial charge in [0.05, 0.1) is 6.61 Å². The Morgan fingerprint density at radius 3 is 3.09 bits per heavy atom. The maximum atomic E-state index is 10.7. The van der Waals surface area contributed by atoms with E-state index in [-0.39, 0.29) is 12.0 Å². The standard InChI is InChI=1S/C7H10N2O2/c10-4-3-9-7-5-6(11)1-2-8-7/h1-2,5,10H,3-4H2,(H2,8,9,11). The van der Waals surface area contributed by atoms with Crippen molar-refractivity contribution in [1.82, 2.24) is 4.98 Å². The van der Waals surface area contributed by atoms with Crippen LogP contribution in [0.1, 0.15) is 0 Å². The van der Waals surface area contributed by atoms with Gasteiger partial charge in [-0.05, 0) is 0 Å². The molecule has 1 heterocycles. The zero-order valence-electron chi connectivity index (χ0n) is 6.00. The molecule has 1 aromatic rings. The van der Waals surface area contributed by atoms with Crippen molar-refractivity contribution < 1.29 is 5.11 Å². The smallest absolute Gasteiger partial charge is 0.183 e. The van der Waals surface area contributed by atoms with Crippen LogP contribution in [0.4, 0.5) is 5.82 Å². The Balaban J connectivity index is 2.64. The fraction of sp³-hybridized carbons (Fsp3) is 0.286. The highest BCUT2D eigenvalue weighted by molar-refractivity contribution is 5.32. The highest BCUT2D eigenvalue weighted by Gasteiger charge is 1.89. The molecule has 0 bridgehead atoms. The van der Waals surface area contributed by atoms with Crippen molar-refractivity contribution in [3.05, 3.63) is 28.6 Å². The number of H-pyrrole nitrogens is 1. The van der Waals surface area contributed by atoms with Gasteiger partial charge in [-0.25, -0.2) is 0 Å². The molecule has 4 heteroatoms. The van der Waals surface area contributed by atoms with E-state index in [4.69, 9.17) is 5.11 Å². The number of nitrogens with one attached hydrogen (secondary N) is 2. The van der Waals surface area contributed by atoms with Gasteiger partial charge in [-0.2, -0.15) is 0 Å². The summed E-state index contributed by atoms with van der Waals surface area (Å²) >= 11 is 0. The third kappa shape index (κ3) is 2.43. The van der Waals surface area contributed by atoms with Crippen LogP contribution in [0.15, 0.2) is 23.1 Å². The SMILES string of the molecule is O=c1cc[nH]c(NCCO)c1. The van der Waals surface area contributed by atoms with E-state index in [1.165, 1.54) is 12.1 Å². The first-order chi connectivity index (χ1) is 5.33. The Bertz CT molecular complexity index is 269. The van der Waals surface area contributed by atoms with Crippen LogP contribution in [0.2, 0.25) is 0 Å². The number of pyridine rings is 1. The van der Waals surface area contributed by atoms with Crippen molar-refractivity contribution in [2.24, 2.45) is 0 Å². The van der Waals surface area contributed by atoms with Gasteiger partial charge in [-0.1, -0.05) is 0 Å². The Morgan fingerprint density at radius 1 is 1.64 bits per heavy atom. The molecular weight excluding hydrogens is 144 g/mol. The van der Waals surface area contributed by atoms with Crippen LogP contribution in [0.3, 0.4) is 0 Å². The van der Waals surface area contributed by atoms with E-state index in [1.54, 1.807) is 6.20 Å². The lowest BCUT2D eigenvalue weighted by Crippen LogP contribution is -2.09. The molecule has 11 heavy (non-hydrogen) atoms. The van der Waals surface area contributed by atoms with Crippen molar-refractivity contribution in [1.29, 1.82) is 0 Å². The molecule has 3 N–H and O–H groups in total. The van der Waals surface area contributed by atoms with E-state index in [0.717, 1.165) is 0 Å². The largest absolute Gasteiger partial charge is 0.395 e. The van der Waals surface area contributed by atoms with Gasteiger partial charge >= 0.3 is 0 Å². The average molecular weight is 154 g/mol. The van der Waals surface area contributed by atoms with Crippen LogP contribution in [-0.2, 0) is 0 Å². The van der Waals surface area contributed by atoms with Gasteiger partial charge in [0.2, 0.25) is 0 Å². The zero-order valence-corrected chi connectivity index (χ0v) is 6.00. The summed E-state index contributed by atoms with van der Waals surface area (Å²) in [6.07, 6.45) is 1.56. The highest BCUT2D eigenvalue weighted by Crippen LogP contribution is 1.93. The molecule has 1 aromatic heterocycles. The van der Waals surface area contributed by atoms with Crippen molar-refractivity contribution in [2.75, 3.05) is 18.5 Å². The van der Waals surface area contributed by atoms with Gasteiger partial charge in [-0.15, -0.1) is 0 Å². The second-order valence-electron chi connectivity index (χ2n) is 2.09. The first kappa shape index (κ1) is 7.81. The van der Waals surface area contributed by atoms with E-state index in [2.05, 4.69) is 10.3 Å². The number of aliphatic hydroxyl groups is 1. The topological polar surface area (TPSA) is 65.1 Å².